The van der Waals surface area contributed by atoms with Crippen molar-refractivity contribution in [3.8, 4) is 0 Å². The molecular formula is C25H39N3O. The second kappa shape index (κ2) is 9.18. The number of hydrogen-bond donors (Lipinski definition) is 0. The van der Waals surface area contributed by atoms with Crippen LogP contribution in [0.15, 0.2) is 24.3 Å². The van der Waals surface area contributed by atoms with Crippen molar-refractivity contribution in [1.82, 2.24) is 14.7 Å². The highest BCUT2D eigenvalue weighted by molar-refractivity contribution is 5.78. The van der Waals surface area contributed by atoms with Crippen LogP contribution >= 0.6 is 0 Å². The van der Waals surface area contributed by atoms with Crippen molar-refractivity contribution in [2.45, 2.75) is 64.5 Å². The fraction of sp³-hybridized carbons (Fsp3) is 0.720. The van der Waals surface area contributed by atoms with E-state index in [1.165, 1.54) is 51.7 Å². The summed E-state index contributed by atoms with van der Waals surface area (Å²) in [7, 11) is 1.99. The fourth-order valence-corrected chi connectivity index (χ4v) is 5.90. The van der Waals surface area contributed by atoms with E-state index in [1.54, 1.807) is 11.1 Å². The smallest absolute Gasteiger partial charge is 0.226 e. The van der Waals surface area contributed by atoms with Crippen LogP contribution in [0, 0.1) is 11.8 Å². The summed E-state index contributed by atoms with van der Waals surface area (Å²) in [6, 6.07) is 10.3. The summed E-state index contributed by atoms with van der Waals surface area (Å²) in [4.78, 5) is 20.2. The summed E-state index contributed by atoms with van der Waals surface area (Å²) in [6.45, 7) is 9.83. The van der Waals surface area contributed by atoms with Crippen molar-refractivity contribution < 1.29 is 4.79 Å². The maximum Gasteiger partial charge on any atom is 0.226 e. The minimum Gasteiger partial charge on any atom is -0.345 e. The van der Waals surface area contributed by atoms with Crippen LogP contribution in [-0.4, -0.2) is 72.5 Å². The molecule has 4 rings (SSSR count). The number of fused-ring (bicyclic) bond motifs is 1. The average molecular weight is 398 g/mol. The minimum absolute atomic E-state index is 0.204. The number of carbonyl (C=O) groups is 1. The van der Waals surface area contributed by atoms with Crippen LogP contribution in [0.3, 0.4) is 0 Å². The van der Waals surface area contributed by atoms with Crippen molar-refractivity contribution in [2.24, 2.45) is 11.8 Å². The summed E-state index contributed by atoms with van der Waals surface area (Å²) in [5.74, 6) is 1.11. The van der Waals surface area contributed by atoms with Crippen LogP contribution in [0.4, 0.5) is 0 Å². The van der Waals surface area contributed by atoms with Gasteiger partial charge in [-0.25, -0.2) is 0 Å². The van der Waals surface area contributed by atoms with Gasteiger partial charge in [0.25, 0.3) is 0 Å². The SMILES string of the molecule is CC(C)CN(C)C(=O)[C@H]1CCCN(C2CCN(C3Cc4ccccc4C3)CC2)C1. The van der Waals surface area contributed by atoms with Crippen LogP contribution in [-0.2, 0) is 17.6 Å². The molecule has 2 aliphatic heterocycles. The van der Waals surface area contributed by atoms with Gasteiger partial charge in [-0.3, -0.25) is 14.6 Å². The highest BCUT2D eigenvalue weighted by Gasteiger charge is 2.35. The van der Waals surface area contributed by atoms with Crippen molar-refractivity contribution in [3.05, 3.63) is 35.4 Å². The van der Waals surface area contributed by atoms with Crippen molar-refractivity contribution in [3.63, 3.8) is 0 Å². The van der Waals surface area contributed by atoms with Gasteiger partial charge < -0.3 is 4.90 Å². The molecule has 0 bridgehead atoms. The third-order valence-electron chi connectivity index (χ3n) is 7.38. The quantitative estimate of drug-likeness (QED) is 0.761. The highest BCUT2D eigenvalue weighted by atomic mass is 16.2. The van der Waals surface area contributed by atoms with Gasteiger partial charge in [-0.15, -0.1) is 0 Å². The second-order valence-electron chi connectivity index (χ2n) is 10.0. The van der Waals surface area contributed by atoms with E-state index in [4.69, 9.17) is 0 Å². The van der Waals surface area contributed by atoms with E-state index >= 15 is 0 Å². The van der Waals surface area contributed by atoms with Gasteiger partial charge in [-0.2, -0.15) is 0 Å². The Hall–Kier alpha value is -1.39. The lowest BCUT2D eigenvalue weighted by molar-refractivity contribution is -0.137. The normalized spacial score (nSPS) is 24.8. The van der Waals surface area contributed by atoms with Gasteiger partial charge in [0.2, 0.25) is 5.91 Å². The van der Waals surface area contributed by atoms with Gasteiger partial charge in [0.05, 0.1) is 5.92 Å². The predicted octanol–water partition coefficient (Wildman–Crippen LogP) is 3.44. The zero-order valence-corrected chi connectivity index (χ0v) is 18.6. The maximum atomic E-state index is 12.9. The highest BCUT2D eigenvalue weighted by Crippen LogP contribution is 2.30. The van der Waals surface area contributed by atoms with Gasteiger partial charge in [-0.1, -0.05) is 38.1 Å². The largest absolute Gasteiger partial charge is 0.345 e. The summed E-state index contributed by atoms with van der Waals surface area (Å²) in [5.41, 5.74) is 3.12. The van der Waals surface area contributed by atoms with E-state index in [9.17, 15) is 4.79 Å². The molecule has 0 N–H and O–H groups in total. The van der Waals surface area contributed by atoms with E-state index in [-0.39, 0.29) is 5.92 Å². The van der Waals surface area contributed by atoms with E-state index in [1.807, 2.05) is 11.9 Å². The first-order valence-electron chi connectivity index (χ1n) is 11.8. The third-order valence-corrected chi connectivity index (χ3v) is 7.38. The first kappa shape index (κ1) is 20.9. The topological polar surface area (TPSA) is 26.8 Å². The van der Waals surface area contributed by atoms with Gasteiger partial charge in [0.15, 0.2) is 0 Å². The molecule has 0 saturated carbocycles. The summed E-state index contributed by atoms with van der Waals surface area (Å²) < 4.78 is 0. The van der Waals surface area contributed by atoms with Gasteiger partial charge >= 0.3 is 0 Å². The summed E-state index contributed by atoms with van der Waals surface area (Å²) in [5, 5.41) is 0. The van der Waals surface area contributed by atoms with Gasteiger partial charge in [-0.05, 0) is 75.2 Å². The van der Waals surface area contributed by atoms with Crippen molar-refractivity contribution >= 4 is 5.91 Å². The molecule has 0 radical (unpaired) electrons. The number of amides is 1. The first-order valence-corrected chi connectivity index (χ1v) is 11.8. The zero-order valence-electron chi connectivity index (χ0n) is 18.6. The Morgan fingerprint density at radius 2 is 1.66 bits per heavy atom. The van der Waals surface area contributed by atoms with Crippen LogP contribution in [0.2, 0.25) is 0 Å². The molecule has 1 atom stereocenters. The Kier molecular flexibility index (Phi) is 6.60. The molecule has 2 saturated heterocycles. The van der Waals surface area contributed by atoms with Crippen LogP contribution in [0.5, 0.6) is 0 Å². The fourth-order valence-electron chi connectivity index (χ4n) is 5.90. The van der Waals surface area contributed by atoms with Crippen molar-refractivity contribution in [2.75, 3.05) is 39.8 Å². The van der Waals surface area contributed by atoms with Gasteiger partial charge in [0.1, 0.15) is 0 Å². The Labute approximate surface area is 177 Å². The Morgan fingerprint density at radius 1 is 1.00 bits per heavy atom. The number of carbonyl (C=O) groups excluding carboxylic acids is 1. The minimum atomic E-state index is 0.204. The standard InChI is InChI=1S/C25H39N3O/c1-19(2)17-26(3)25(29)22-9-6-12-28(18-22)23-10-13-27(14-11-23)24-15-20-7-4-5-8-21(20)16-24/h4-5,7-8,19,22-24H,6,9-18H2,1-3H3/t22-/m0/s1. The number of likely N-dealkylation sites (tertiary alicyclic amines) is 2. The molecule has 1 aromatic rings. The molecule has 2 heterocycles. The Bertz CT molecular complexity index is 670. The molecule has 1 aromatic carbocycles. The maximum absolute atomic E-state index is 12.9. The van der Waals surface area contributed by atoms with E-state index < -0.39 is 0 Å². The Balaban J connectivity index is 1.27. The molecule has 1 aliphatic carbocycles. The molecule has 4 heteroatoms. The summed E-state index contributed by atoms with van der Waals surface area (Å²) in [6.07, 6.45) is 7.21. The second-order valence-corrected chi connectivity index (χ2v) is 10.0. The van der Waals surface area contributed by atoms with E-state index in [0.29, 0.717) is 23.9 Å². The lowest BCUT2D eigenvalue weighted by atomic mass is 9.92. The number of benzene rings is 1. The van der Waals surface area contributed by atoms with Gasteiger partial charge in [0, 0.05) is 32.2 Å². The zero-order chi connectivity index (χ0) is 20.4. The molecule has 0 unspecified atom stereocenters. The number of hydrogen-bond acceptors (Lipinski definition) is 3. The molecule has 2 fully saturated rings. The molecule has 160 valence electrons. The van der Waals surface area contributed by atoms with Crippen LogP contribution in [0.25, 0.3) is 0 Å². The van der Waals surface area contributed by atoms with Crippen LogP contribution in [0.1, 0.15) is 50.7 Å². The van der Waals surface area contributed by atoms with E-state index in [0.717, 1.165) is 19.5 Å². The predicted molar refractivity (Wildman–Crippen MR) is 119 cm³/mol. The van der Waals surface area contributed by atoms with Crippen molar-refractivity contribution in [1.29, 1.82) is 0 Å². The molecule has 3 aliphatic rings. The third kappa shape index (κ3) is 4.86. The number of piperidine rings is 2. The number of nitrogens with zero attached hydrogens (tertiary/aromatic N) is 3. The summed E-state index contributed by atoms with van der Waals surface area (Å²) >= 11 is 0. The lowest BCUT2D eigenvalue weighted by Gasteiger charge is -2.43. The molecule has 0 spiro atoms. The molecule has 29 heavy (non-hydrogen) atoms. The molecule has 4 nitrogen and oxygen atoms in total. The average Bonchev–Trinajstić information content (AvgIpc) is 3.17. The molecular weight excluding hydrogens is 358 g/mol. The molecule has 1 amide bonds. The van der Waals surface area contributed by atoms with Crippen LogP contribution < -0.4 is 0 Å². The first-order chi connectivity index (χ1) is 14.0. The van der Waals surface area contributed by atoms with E-state index in [2.05, 4.69) is 47.9 Å². The Morgan fingerprint density at radius 3 is 2.28 bits per heavy atom. The lowest BCUT2D eigenvalue weighted by Crippen LogP contribution is -2.52. The number of rotatable bonds is 5. The monoisotopic (exact) mass is 397 g/mol. The molecule has 0 aromatic heterocycles.